The van der Waals surface area contributed by atoms with E-state index in [9.17, 15) is 9.59 Å². The van der Waals surface area contributed by atoms with Crippen LogP contribution >= 0.6 is 0 Å². The number of anilines is 1. The van der Waals surface area contributed by atoms with Crippen LogP contribution in [0.4, 0.5) is 5.69 Å². The number of aryl methyl sites for hydroxylation is 1. The third kappa shape index (κ3) is 5.71. The number of hydrogen-bond donors (Lipinski definition) is 2. The van der Waals surface area contributed by atoms with Gasteiger partial charge in [-0.15, -0.1) is 0 Å². The summed E-state index contributed by atoms with van der Waals surface area (Å²) in [6, 6.07) is 0. The summed E-state index contributed by atoms with van der Waals surface area (Å²) in [4.78, 5) is 33.2. The molecule has 0 atom stereocenters. The van der Waals surface area contributed by atoms with E-state index in [4.69, 9.17) is 0 Å². The largest absolute Gasteiger partial charge is 0.357 e. The number of hydrogen-bond acceptors (Lipinski definition) is 4. The van der Waals surface area contributed by atoms with E-state index < -0.39 is 0 Å². The Labute approximate surface area is 172 Å². The fourth-order valence-electron chi connectivity index (χ4n) is 3.95. The smallest absolute Gasteiger partial charge is 0.246 e. The van der Waals surface area contributed by atoms with Gasteiger partial charge in [-0.1, -0.05) is 19.3 Å². The van der Waals surface area contributed by atoms with Crippen molar-refractivity contribution in [3.63, 3.8) is 0 Å². The van der Waals surface area contributed by atoms with Crippen molar-refractivity contribution in [2.45, 2.75) is 39.0 Å². The van der Waals surface area contributed by atoms with E-state index in [2.05, 4.69) is 20.7 Å². The summed E-state index contributed by atoms with van der Waals surface area (Å²) in [5, 5.41) is 10.4. The summed E-state index contributed by atoms with van der Waals surface area (Å²) in [5.41, 5.74) is 0.824. The highest BCUT2D eigenvalue weighted by molar-refractivity contribution is 5.98. The molecule has 2 amide bonds. The first-order valence-corrected chi connectivity index (χ1v) is 10.7. The number of carbonyl (C=O) groups is 2. The predicted octanol–water partition coefficient (Wildman–Crippen LogP) is 0.731. The normalized spacial score (nSPS) is 18.8. The first kappa shape index (κ1) is 21.1. The highest BCUT2D eigenvalue weighted by atomic mass is 16.2. The minimum Gasteiger partial charge on any atom is -0.357 e. The van der Waals surface area contributed by atoms with E-state index in [1.54, 1.807) is 15.8 Å². The summed E-state index contributed by atoms with van der Waals surface area (Å²) in [6.07, 6.45) is 9.11. The zero-order chi connectivity index (χ0) is 20.6. The van der Waals surface area contributed by atoms with Crippen LogP contribution in [-0.4, -0.2) is 71.7 Å². The van der Waals surface area contributed by atoms with Crippen LogP contribution in [0.5, 0.6) is 0 Å². The van der Waals surface area contributed by atoms with Gasteiger partial charge in [0.25, 0.3) is 0 Å². The fourth-order valence-corrected chi connectivity index (χ4v) is 3.95. The molecule has 1 aliphatic heterocycles. The van der Waals surface area contributed by atoms with Gasteiger partial charge in [-0.05, 0) is 19.8 Å². The average Bonchev–Trinajstić information content (AvgIpc) is 3.16. The molecule has 1 aromatic heterocycles. The lowest BCUT2D eigenvalue weighted by Gasteiger charge is -2.35. The van der Waals surface area contributed by atoms with E-state index >= 15 is 0 Å². The fraction of sp³-hybridized carbons (Fsp3) is 0.700. The number of amides is 2. The minimum absolute atomic E-state index is 0.0282. The zero-order valence-corrected chi connectivity index (χ0v) is 17.6. The van der Waals surface area contributed by atoms with Gasteiger partial charge in [0.2, 0.25) is 11.8 Å². The van der Waals surface area contributed by atoms with Crippen molar-refractivity contribution >= 4 is 23.5 Å². The van der Waals surface area contributed by atoms with Gasteiger partial charge < -0.3 is 20.4 Å². The van der Waals surface area contributed by atoms with Gasteiger partial charge in [-0.2, -0.15) is 5.10 Å². The molecule has 1 saturated carbocycles. The minimum atomic E-state index is 0.0282. The molecular formula is C20H33N7O2. The van der Waals surface area contributed by atoms with Crippen LogP contribution in [0.2, 0.25) is 0 Å². The maximum absolute atomic E-state index is 12.6. The molecule has 2 N–H and O–H groups in total. The van der Waals surface area contributed by atoms with Crippen molar-refractivity contribution in [1.29, 1.82) is 0 Å². The number of rotatable bonds is 6. The number of aliphatic imine (C=N–C) groups is 1. The van der Waals surface area contributed by atoms with Crippen molar-refractivity contribution in [1.82, 2.24) is 25.3 Å². The number of carbonyl (C=O) groups excluding carboxylic acids is 2. The summed E-state index contributed by atoms with van der Waals surface area (Å²) in [5.74, 6) is 1.07. The molecule has 2 aliphatic rings. The second-order valence-electron chi connectivity index (χ2n) is 7.70. The van der Waals surface area contributed by atoms with Gasteiger partial charge in [-0.3, -0.25) is 19.3 Å². The second-order valence-corrected chi connectivity index (χ2v) is 7.70. The van der Waals surface area contributed by atoms with E-state index in [-0.39, 0.29) is 24.3 Å². The average molecular weight is 404 g/mol. The molecule has 3 rings (SSSR count). The van der Waals surface area contributed by atoms with Crippen LogP contribution in [0.25, 0.3) is 0 Å². The van der Waals surface area contributed by atoms with Crippen LogP contribution < -0.4 is 15.5 Å². The van der Waals surface area contributed by atoms with Crippen LogP contribution in [0.3, 0.4) is 0 Å². The maximum atomic E-state index is 12.6. The lowest BCUT2D eigenvalue weighted by atomic mass is 9.89. The Morgan fingerprint density at radius 1 is 1.24 bits per heavy atom. The Morgan fingerprint density at radius 2 is 2.03 bits per heavy atom. The molecule has 160 valence electrons. The summed E-state index contributed by atoms with van der Waals surface area (Å²) < 4.78 is 1.70. The zero-order valence-electron chi connectivity index (χ0n) is 17.6. The van der Waals surface area contributed by atoms with Crippen molar-refractivity contribution in [3.05, 3.63) is 12.4 Å². The van der Waals surface area contributed by atoms with Gasteiger partial charge >= 0.3 is 0 Å². The van der Waals surface area contributed by atoms with Crippen molar-refractivity contribution in [2.24, 2.45) is 18.0 Å². The lowest BCUT2D eigenvalue weighted by Crippen LogP contribution is -2.55. The standard InChI is InChI=1S/C20H33N7O2/c1-3-21-20(23-10-9-22-19(29)16-7-5-4-6-8-16)26-11-12-27(18(28)15-26)17-13-24-25(2)14-17/h13-14,16H,3-12,15H2,1-2H3,(H,21,23)(H,22,29). The first-order chi connectivity index (χ1) is 14.1. The molecule has 0 radical (unpaired) electrons. The van der Waals surface area contributed by atoms with Gasteiger partial charge in [0, 0.05) is 45.3 Å². The highest BCUT2D eigenvalue weighted by Crippen LogP contribution is 2.23. The maximum Gasteiger partial charge on any atom is 0.246 e. The van der Waals surface area contributed by atoms with Crippen molar-refractivity contribution < 1.29 is 9.59 Å². The Balaban J connectivity index is 1.49. The van der Waals surface area contributed by atoms with Crippen LogP contribution in [0, 0.1) is 5.92 Å². The van der Waals surface area contributed by atoms with Gasteiger partial charge in [0.1, 0.15) is 6.54 Å². The van der Waals surface area contributed by atoms with Crippen LogP contribution in [0.15, 0.2) is 17.4 Å². The van der Waals surface area contributed by atoms with Crippen molar-refractivity contribution in [2.75, 3.05) is 44.2 Å². The van der Waals surface area contributed by atoms with Crippen LogP contribution in [-0.2, 0) is 16.6 Å². The number of guanidine groups is 1. The van der Waals surface area contributed by atoms with Gasteiger partial charge in [-0.25, -0.2) is 0 Å². The molecule has 1 aliphatic carbocycles. The van der Waals surface area contributed by atoms with E-state index in [1.165, 1.54) is 6.42 Å². The van der Waals surface area contributed by atoms with E-state index in [0.29, 0.717) is 26.2 Å². The topological polar surface area (TPSA) is 94.9 Å². The second kappa shape index (κ2) is 10.3. The summed E-state index contributed by atoms with van der Waals surface area (Å²) in [7, 11) is 1.84. The number of piperazine rings is 1. The predicted molar refractivity (Wildman–Crippen MR) is 113 cm³/mol. The van der Waals surface area contributed by atoms with E-state index in [0.717, 1.165) is 43.9 Å². The molecule has 1 aromatic rings. The molecule has 2 heterocycles. The molecule has 0 aromatic carbocycles. The monoisotopic (exact) mass is 403 g/mol. The first-order valence-electron chi connectivity index (χ1n) is 10.7. The summed E-state index contributed by atoms with van der Waals surface area (Å²) >= 11 is 0. The Morgan fingerprint density at radius 3 is 2.69 bits per heavy atom. The molecule has 0 bridgehead atoms. The Hall–Kier alpha value is -2.58. The SMILES string of the molecule is CCNC(=NCCNC(=O)C1CCCCC1)N1CCN(c2cnn(C)c2)C(=O)C1. The molecule has 0 spiro atoms. The molecule has 0 unspecified atom stereocenters. The van der Waals surface area contributed by atoms with E-state index in [1.807, 2.05) is 25.1 Å². The summed E-state index contributed by atoms with van der Waals surface area (Å²) in [6.45, 7) is 5.31. The molecular weight excluding hydrogens is 370 g/mol. The molecule has 9 nitrogen and oxygen atoms in total. The lowest BCUT2D eigenvalue weighted by molar-refractivity contribution is -0.125. The number of nitrogens with zero attached hydrogens (tertiary/aromatic N) is 5. The quantitative estimate of drug-likeness (QED) is 0.415. The van der Waals surface area contributed by atoms with Gasteiger partial charge in [0.15, 0.2) is 5.96 Å². The molecule has 9 heteroatoms. The van der Waals surface area contributed by atoms with Gasteiger partial charge in [0.05, 0.1) is 18.4 Å². The third-order valence-corrected chi connectivity index (χ3v) is 5.51. The Bertz CT molecular complexity index is 724. The molecule has 1 saturated heterocycles. The number of aromatic nitrogens is 2. The third-order valence-electron chi connectivity index (χ3n) is 5.51. The van der Waals surface area contributed by atoms with Crippen molar-refractivity contribution in [3.8, 4) is 0 Å². The molecule has 2 fully saturated rings. The highest BCUT2D eigenvalue weighted by Gasteiger charge is 2.27. The van der Waals surface area contributed by atoms with Crippen LogP contribution in [0.1, 0.15) is 39.0 Å². The Kier molecular flexibility index (Phi) is 7.48. The number of nitrogens with one attached hydrogen (secondary N) is 2. The molecule has 29 heavy (non-hydrogen) atoms.